The van der Waals surface area contributed by atoms with Gasteiger partial charge in [-0.1, -0.05) is 25.4 Å². The molecular weight excluding hydrogens is 476 g/mol. The Morgan fingerprint density at radius 2 is 2.08 bits per heavy atom. The molecule has 188 valence electrons. The number of imidazole rings is 1. The summed E-state index contributed by atoms with van der Waals surface area (Å²) >= 11 is 5.96. The molecule has 1 saturated heterocycles. The first kappa shape index (κ1) is 24.5. The molecule has 0 unspecified atom stereocenters. The largest absolute Gasteiger partial charge is 0.493 e. The summed E-state index contributed by atoms with van der Waals surface area (Å²) in [6.07, 6.45) is 5.43. The number of nitrogens with zero attached hydrogens (tertiary/aromatic N) is 4. The molecule has 2 heterocycles. The molecule has 2 fully saturated rings. The van der Waals surface area contributed by atoms with E-state index in [2.05, 4.69) is 29.5 Å². The van der Waals surface area contributed by atoms with Gasteiger partial charge in [-0.05, 0) is 74.1 Å². The number of carbonyl (C=O) groups is 1. The Bertz CT molecular complexity index is 1300. The number of aromatic nitrogens is 2. The molecule has 1 saturated carbocycles. The lowest BCUT2D eigenvalue weighted by Gasteiger charge is -2.36. The molecule has 5 rings (SSSR count). The van der Waals surface area contributed by atoms with Gasteiger partial charge in [0, 0.05) is 23.5 Å². The third kappa shape index (κ3) is 5.29. The van der Waals surface area contributed by atoms with Crippen molar-refractivity contribution in [1.82, 2.24) is 14.5 Å². The number of ether oxygens (including phenoxy) is 2. The number of amides is 1. The summed E-state index contributed by atoms with van der Waals surface area (Å²) in [6, 6.07) is 15.1. The fraction of sp³-hybridized carbons (Fsp3) is 0.464. The molecule has 1 aromatic heterocycles. The predicted octanol–water partition coefficient (Wildman–Crippen LogP) is 6.05. The maximum absolute atomic E-state index is 12.9. The van der Waals surface area contributed by atoms with E-state index in [1.54, 1.807) is 18.2 Å². The van der Waals surface area contributed by atoms with Crippen LogP contribution in [0.5, 0.6) is 5.75 Å². The van der Waals surface area contributed by atoms with Gasteiger partial charge in [-0.2, -0.15) is 5.26 Å². The third-order valence-electron chi connectivity index (χ3n) is 7.21. The highest BCUT2D eigenvalue weighted by Crippen LogP contribution is 2.41. The summed E-state index contributed by atoms with van der Waals surface area (Å²) in [5, 5.41) is 9.94. The maximum Gasteiger partial charge on any atom is 0.410 e. The molecule has 0 N–H and O–H groups in total. The van der Waals surface area contributed by atoms with Crippen molar-refractivity contribution in [2.75, 3.05) is 19.7 Å². The number of halogens is 1. The van der Waals surface area contributed by atoms with Gasteiger partial charge in [-0.15, -0.1) is 0 Å². The molecule has 2 aromatic carbocycles. The first-order chi connectivity index (χ1) is 17.2. The number of fused-ring (bicyclic) bond motifs is 1. The van der Waals surface area contributed by atoms with Gasteiger partial charge in [0.2, 0.25) is 0 Å². The van der Waals surface area contributed by atoms with E-state index in [1.165, 1.54) is 0 Å². The molecular formula is C28H31ClN4O3. The smallest absolute Gasteiger partial charge is 0.410 e. The summed E-state index contributed by atoms with van der Waals surface area (Å²) < 4.78 is 14.2. The summed E-state index contributed by atoms with van der Waals surface area (Å²) in [5.74, 6) is 1.13. The van der Waals surface area contributed by atoms with E-state index in [4.69, 9.17) is 21.1 Å². The highest BCUT2D eigenvalue weighted by Gasteiger charge is 2.48. The van der Waals surface area contributed by atoms with Gasteiger partial charge in [-0.25, -0.2) is 9.78 Å². The molecule has 8 heteroatoms. The average molecular weight is 507 g/mol. The fourth-order valence-electron chi connectivity index (χ4n) is 5.57. The van der Waals surface area contributed by atoms with Crippen LogP contribution in [-0.2, 0) is 11.3 Å². The second-order valence-electron chi connectivity index (χ2n) is 11.0. The highest BCUT2D eigenvalue weighted by atomic mass is 35.5. The fourth-order valence-corrected chi connectivity index (χ4v) is 5.70. The van der Waals surface area contributed by atoms with Crippen LogP contribution >= 0.6 is 11.6 Å². The lowest BCUT2D eigenvalue weighted by molar-refractivity contribution is 0.00408. The van der Waals surface area contributed by atoms with E-state index in [1.807, 2.05) is 35.5 Å². The molecule has 7 nitrogen and oxygen atoms in total. The van der Waals surface area contributed by atoms with Crippen LogP contribution in [0.4, 0.5) is 4.79 Å². The Morgan fingerprint density at radius 1 is 1.28 bits per heavy atom. The highest BCUT2D eigenvalue weighted by molar-refractivity contribution is 6.30. The van der Waals surface area contributed by atoms with E-state index in [9.17, 15) is 10.1 Å². The van der Waals surface area contributed by atoms with E-state index in [0.29, 0.717) is 36.2 Å². The maximum atomic E-state index is 12.9. The molecule has 2 aliphatic rings. The van der Waals surface area contributed by atoms with Crippen molar-refractivity contribution < 1.29 is 14.3 Å². The van der Waals surface area contributed by atoms with Crippen molar-refractivity contribution in [3.05, 3.63) is 59.4 Å². The number of carbonyl (C=O) groups excluding carboxylic acids is 1. The summed E-state index contributed by atoms with van der Waals surface area (Å²) in [5.41, 5.74) is 1.81. The normalized spacial score (nSPS) is 22.1. The van der Waals surface area contributed by atoms with Crippen LogP contribution in [0.3, 0.4) is 0 Å². The standard InChI is InChI=1S/C28H31ClN4O3/c1-27(2,18-35-23-8-6-22(29)7-9-23)16-33-17-28(36-26(33)34)11-3-4-21(13-28)15-32-19-31-24-10-5-20(14-30)12-25(24)32/h5-10,12,19,21H,3-4,11,13,15-18H2,1-2H3/t21-,28-/m0/s1. The lowest BCUT2D eigenvalue weighted by atomic mass is 9.77. The van der Waals surface area contributed by atoms with Gasteiger partial charge in [0.1, 0.15) is 11.4 Å². The van der Waals surface area contributed by atoms with Gasteiger partial charge in [0.15, 0.2) is 0 Å². The number of benzene rings is 2. The zero-order chi connectivity index (χ0) is 25.3. The van der Waals surface area contributed by atoms with Crippen molar-refractivity contribution in [3.63, 3.8) is 0 Å². The Morgan fingerprint density at radius 3 is 2.86 bits per heavy atom. The van der Waals surface area contributed by atoms with E-state index in [-0.39, 0.29) is 11.5 Å². The number of hydrogen-bond donors (Lipinski definition) is 0. The number of hydrogen-bond acceptors (Lipinski definition) is 5. The molecule has 1 amide bonds. The second-order valence-corrected chi connectivity index (χ2v) is 11.4. The monoisotopic (exact) mass is 506 g/mol. The van der Waals surface area contributed by atoms with Crippen LogP contribution in [0.1, 0.15) is 45.1 Å². The summed E-state index contributed by atoms with van der Waals surface area (Å²) in [7, 11) is 0. The minimum absolute atomic E-state index is 0.234. The minimum atomic E-state index is -0.443. The van der Waals surface area contributed by atoms with Crippen LogP contribution in [0.15, 0.2) is 48.8 Å². The first-order valence-electron chi connectivity index (χ1n) is 12.5. The van der Waals surface area contributed by atoms with Gasteiger partial charge in [0.05, 0.1) is 42.1 Å². The SMILES string of the molecule is CC(C)(COc1ccc(Cl)cc1)CN1C[C@@]2(CCC[C@H](Cn3cnc4ccc(C#N)cc43)C2)OC1=O. The van der Waals surface area contributed by atoms with E-state index in [0.717, 1.165) is 49.0 Å². The van der Waals surface area contributed by atoms with Crippen molar-refractivity contribution in [2.45, 2.75) is 51.7 Å². The summed E-state index contributed by atoms with van der Waals surface area (Å²) in [4.78, 5) is 19.3. The third-order valence-corrected chi connectivity index (χ3v) is 7.47. The molecule has 2 atom stereocenters. The molecule has 0 bridgehead atoms. The van der Waals surface area contributed by atoms with Gasteiger partial charge in [-0.3, -0.25) is 0 Å². The topological polar surface area (TPSA) is 80.4 Å². The van der Waals surface area contributed by atoms with E-state index < -0.39 is 5.60 Å². The number of rotatable bonds is 7. The first-order valence-corrected chi connectivity index (χ1v) is 12.8. The quantitative estimate of drug-likeness (QED) is 0.390. The van der Waals surface area contributed by atoms with Crippen LogP contribution in [-0.4, -0.2) is 45.8 Å². The second kappa shape index (κ2) is 9.67. The van der Waals surface area contributed by atoms with Crippen molar-refractivity contribution in [1.29, 1.82) is 5.26 Å². The molecule has 1 spiro atoms. The van der Waals surface area contributed by atoms with E-state index >= 15 is 0 Å². The molecule has 1 aliphatic heterocycles. The Hall–Kier alpha value is -3.24. The minimum Gasteiger partial charge on any atom is -0.493 e. The van der Waals surface area contributed by atoms with Crippen molar-refractivity contribution in [3.8, 4) is 11.8 Å². The predicted molar refractivity (Wildman–Crippen MR) is 138 cm³/mol. The zero-order valence-corrected chi connectivity index (χ0v) is 21.5. The van der Waals surface area contributed by atoms with Gasteiger partial charge >= 0.3 is 6.09 Å². The van der Waals surface area contributed by atoms with Gasteiger partial charge in [0.25, 0.3) is 0 Å². The average Bonchev–Trinajstić information content (AvgIpc) is 3.37. The van der Waals surface area contributed by atoms with Crippen LogP contribution in [0.2, 0.25) is 5.02 Å². The van der Waals surface area contributed by atoms with Crippen LogP contribution in [0.25, 0.3) is 11.0 Å². The summed E-state index contributed by atoms with van der Waals surface area (Å²) in [6.45, 7) is 6.65. The number of nitriles is 1. The Labute approximate surface area is 216 Å². The lowest BCUT2D eigenvalue weighted by Crippen LogP contribution is -2.43. The molecule has 1 aliphatic carbocycles. The zero-order valence-electron chi connectivity index (χ0n) is 20.7. The van der Waals surface area contributed by atoms with Crippen molar-refractivity contribution in [2.24, 2.45) is 11.3 Å². The van der Waals surface area contributed by atoms with Crippen LogP contribution in [0, 0.1) is 22.7 Å². The molecule has 0 radical (unpaired) electrons. The van der Waals surface area contributed by atoms with Crippen molar-refractivity contribution >= 4 is 28.7 Å². The Balaban J connectivity index is 1.22. The van der Waals surface area contributed by atoms with Crippen LogP contribution < -0.4 is 4.74 Å². The Kier molecular flexibility index (Phi) is 6.57. The van der Waals surface area contributed by atoms with Gasteiger partial charge < -0.3 is 18.9 Å². The molecule has 36 heavy (non-hydrogen) atoms. The molecule has 3 aromatic rings.